The number of anilines is 2. The Hall–Kier alpha value is -3.16. The average Bonchev–Trinajstić information content (AvgIpc) is 2.79. The number of carbonyl (C=O) groups excluding carboxylic acids is 2. The van der Waals surface area contributed by atoms with Crippen LogP contribution in [0.1, 0.15) is 31.9 Å². The molecule has 0 fully saturated rings. The molecule has 162 valence electrons. The molecule has 0 radical (unpaired) electrons. The lowest BCUT2D eigenvalue weighted by atomic mass is 9.72. The van der Waals surface area contributed by atoms with Gasteiger partial charge in [0, 0.05) is 12.1 Å². The minimum Gasteiger partial charge on any atom is -0.357 e. The molecule has 4 nitrogen and oxygen atoms in total. The average molecular weight is 432 g/mol. The number of benzene rings is 2. The quantitative estimate of drug-likeness (QED) is 0.615. The van der Waals surface area contributed by atoms with Gasteiger partial charge in [0.15, 0.2) is 0 Å². The van der Waals surface area contributed by atoms with Crippen LogP contribution in [-0.4, -0.2) is 17.9 Å². The highest BCUT2D eigenvalue weighted by atomic mass is 19.4. The second-order valence-electron chi connectivity index (χ2n) is 8.52. The van der Waals surface area contributed by atoms with E-state index in [0.29, 0.717) is 10.6 Å². The molecule has 0 saturated carbocycles. The predicted molar refractivity (Wildman–Crippen MR) is 108 cm³/mol. The first-order chi connectivity index (χ1) is 14.5. The van der Waals surface area contributed by atoms with Crippen molar-refractivity contribution in [2.24, 2.45) is 11.3 Å². The van der Waals surface area contributed by atoms with Gasteiger partial charge in [-0.15, -0.1) is 0 Å². The Morgan fingerprint density at radius 1 is 1.13 bits per heavy atom. The van der Waals surface area contributed by atoms with Gasteiger partial charge in [0.2, 0.25) is 0 Å². The van der Waals surface area contributed by atoms with Crippen molar-refractivity contribution in [2.75, 3.05) is 10.2 Å². The minimum absolute atomic E-state index is 0.0278. The number of para-hydroxylation sites is 2. The Bertz CT molecular complexity index is 1090. The molecule has 1 heterocycles. The molecule has 1 N–H and O–H groups in total. The molecule has 0 spiro atoms. The van der Waals surface area contributed by atoms with Crippen molar-refractivity contribution in [3.63, 3.8) is 0 Å². The maximum Gasteiger partial charge on any atom is 0.471 e. The van der Waals surface area contributed by atoms with Crippen LogP contribution < -0.4 is 10.2 Å². The third kappa shape index (κ3) is 3.82. The molecule has 2 aliphatic rings. The van der Waals surface area contributed by atoms with Crippen molar-refractivity contribution >= 4 is 23.1 Å². The zero-order valence-electron chi connectivity index (χ0n) is 16.8. The fraction of sp³-hybridized carbons (Fsp3) is 0.304. The maximum atomic E-state index is 14.1. The normalized spacial score (nSPS) is 22.6. The van der Waals surface area contributed by atoms with Gasteiger partial charge in [0.25, 0.3) is 0 Å². The highest BCUT2D eigenvalue weighted by Gasteiger charge is 2.52. The van der Waals surface area contributed by atoms with Gasteiger partial charge in [-0.25, -0.2) is 4.39 Å². The van der Waals surface area contributed by atoms with E-state index in [4.69, 9.17) is 0 Å². The Balaban J connectivity index is 2.03. The summed E-state index contributed by atoms with van der Waals surface area (Å²) in [6.45, 7) is 3.70. The molecule has 0 saturated heterocycles. The number of Topliss-reactive ketones (excluding diaryl/α,β-unsaturated/α-hetero) is 1. The standard InChI is InChI=1S/C23H20F4N2O2/c1-22(2)11-16-19(18(30)12-22)20(13-6-5-7-14(24)10-13)29(21(31)23(25,26)27)17-9-4-3-8-15(17)28-16/h3-11,19-20,28H,12H2,1-2H3. The van der Waals surface area contributed by atoms with Gasteiger partial charge in [0.05, 0.1) is 23.3 Å². The topological polar surface area (TPSA) is 49.4 Å². The molecule has 0 bridgehead atoms. The first-order valence-electron chi connectivity index (χ1n) is 9.75. The Labute approximate surface area is 176 Å². The second kappa shape index (κ2) is 7.21. The van der Waals surface area contributed by atoms with E-state index < -0.39 is 35.3 Å². The fourth-order valence-electron chi connectivity index (χ4n) is 4.40. The van der Waals surface area contributed by atoms with Crippen molar-refractivity contribution in [1.82, 2.24) is 0 Å². The monoisotopic (exact) mass is 432 g/mol. The fourth-order valence-corrected chi connectivity index (χ4v) is 4.40. The first kappa shape index (κ1) is 21.1. The van der Waals surface area contributed by atoms with Gasteiger partial charge < -0.3 is 5.32 Å². The largest absolute Gasteiger partial charge is 0.471 e. The van der Waals surface area contributed by atoms with E-state index in [2.05, 4.69) is 5.32 Å². The van der Waals surface area contributed by atoms with Crippen LogP contribution in [0.15, 0.2) is 60.3 Å². The van der Waals surface area contributed by atoms with Gasteiger partial charge in [-0.2, -0.15) is 13.2 Å². The van der Waals surface area contributed by atoms with Crippen LogP contribution in [0.4, 0.5) is 28.9 Å². The van der Waals surface area contributed by atoms with Crippen molar-refractivity contribution in [1.29, 1.82) is 0 Å². The summed E-state index contributed by atoms with van der Waals surface area (Å²) in [7, 11) is 0. The number of hydrogen-bond donors (Lipinski definition) is 1. The molecule has 1 aliphatic heterocycles. The van der Waals surface area contributed by atoms with Gasteiger partial charge in [-0.05, 0) is 35.2 Å². The van der Waals surface area contributed by atoms with Crippen LogP contribution in [0.3, 0.4) is 0 Å². The molecule has 2 aromatic rings. The zero-order chi connectivity index (χ0) is 22.6. The number of carbonyl (C=O) groups is 2. The van der Waals surface area contributed by atoms with E-state index in [1.807, 2.05) is 19.9 Å². The molecule has 1 amide bonds. The van der Waals surface area contributed by atoms with Gasteiger partial charge in [0.1, 0.15) is 11.6 Å². The van der Waals surface area contributed by atoms with E-state index in [0.717, 1.165) is 12.1 Å². The van der Waals surface area contributed by atoms with Crippen molar-refractivity contribution in [3.05, 3.63) is 71.7 Å². The third-order valence-electron chi connectivity index (χ3n) is 5.55. The second-order valence-corrected chi connectivity index (χ2v) is 8.52. The highest BCUT2D eigenvalue weighted by molar-refractivity contribution is 6.03. The summed E-state index contributed by atoms with van der Waals surface area (Å²) < 4.78 is 55.1. The number of alkyl halides is 3. The number of halogens is 4. The Morgan fingerprint density at radius 3 is 2.52 bits per heavy atom. The van der Waals surface area contributed by atoms with Crippen LogP contribution >= 0.6 is 0 Å². The van der Waals surface area contributed by atoms with E-state index in [9.17, 15) is 27.2 Å². The molecule has 2 aromatic carbocycles. The molecule has 31 heavy (non-hydrogen) atoms. The molecular weight excluding hydrogens is 412 g/mol. The number of ketones is 1. The molecule has 2 atom stereocenters. The Morgan fingerprint density at radius 2 is 1.84 bits per heavy atom. The zero-order valence-corrected chi connectivity index (χ0v) is 16.8. The van der Waals surface area contributed by atoms with Crippen LogP contribution in [0, 0.1) is 17.2 Å². The van der Waals surface area contributed by atoms with Crippen molar-refractivity contribution in [3.8, 4) is 0 Å². The van der Waals surface area contributed by atoms with Crippen molar-refractivity contribution in [2.45, 2.75) is 32.5 Å². The predicted octanol–water partition coefficient (Wildman–Crippen LogP) is 5.39. The van der Waals surface area contributed by atoms with E-state index in [1.165, 1.54) is 24.3 Å². The lowest BCUT2D eigenvalue weighted by molar-refractivity contribution is -0.171. The summed E-state index contributed by atoms with van der Waals surface area (Å²) in [6.07, 6.45) is -3.30. The number of nitrogens with one attached hydrogen (secondary N) is 1. The van der Waals surface area contributed by atoms with Gasteiger partial charge in [-0.3, -0.25) is 14.5 Å². The van der Waals surface area contributed by atoms with Crippen LogP contribution in [0.5, 0.6) is 0 Å². The van der Waals surface area contributed by atoms with Crippen LogP contribution in [0.2, 0.25) is 0 Å². The minimum atomic E-state index is -5.19. The summed E-state index contributed by atoms with van der Waals surface area (Å²) in [6, 6.07) is 9.70. The summed E-state index contributed by atoms with van der Waals surface area (Å²) in [5.74, 6) is -4.21. The lowest BCUT2D eigenvalue weighted by Crippen LogP contribution is -2.48. The van der Waals surface area contributed by atoms with Gasteiger partial charge >= 0.3 is 12.1 Å². The SMILES string of the molecule is CC1(C)C=C2Nc3ccccc3N(C(=O)C(F)(F)F)C(c3cccc(F)c3)C2C(=O)C1. The summed E-state index contributed by atoms with van der Waals surface area (Å²) in [5.41, 5.74) is 0.224. The number of amides is 1. The van der Waals surface area contributed by atoms with Crippen LogP contribution in [-0.2, 0) is 9.59 Å². The Kier molecular flexibility index (Phi) is 4.91. The number of nitrogens with zero attached hydrogens (tertiary/aromatic N) is 1. The van der Waals surface area contributed by atoms with E-state index in [1.54, 1.807) is 12.1 Å². The van der Waals surface area contributed by atoms with Crippen molar-refractivity contribution < 1.29 is 27.2 Å². The highest BCUT2D eigenvalue weighted by Crippen LogP contribution is 2.49. The molecule has 4 rings (SSSR count). The third-order valence-corrected chi connectivity index (χ3v) is 5.55. The molecular formula is C23H20F4N2O2. The molecule has 0 aromatic heterocycles. The summed E-state index contributed by atoms with van der Waals surface area (Å²) in [4.78, 5) is 26.5. The number of rotatable bonds is 1. The number of allylic oxidation sites excluding steroid dienone is 1. The molecule has 8 heteroatoms. The smallest absolute Gasteiger partial charge is 0.357 e. The maximum absolute atomic E-state index is 14.1. The number of hydrogen-bond acceptors (Lipinski definition) is 3. The van der Waals surface area contributed by atoms with E-state index >= 15 is 0 Å². The lowest BCUT2D eigenvalue weighted by Gasteiger charge is -2.39. The van der Waals surface area contributed by atoms with Crippen LogP contribution in [0.25, 0.3) is 0 Å². The van der Waals surface area contributed by atoms with Gasteiger partial charge in [-0.1, -0.05) is 44.2 Å². The summed E-state index contributed by atoms with van der Waals surface area (Å²) in [5, 5.41) is 3.08. The summed E-state index contributed by atoms with van der Waals surface area (Å²) >= 11 is 0. The molecule has 2 unspecified atom stereocenters. The molecule has 1 aliphatic carbocycles. The van der Waals surface area contributed by atoms with E-state index in [-0.39, 0.29) is 29.1 Å². The first-order valence-corrected chi connectivity index (χ1v) is 9.75. The number of fused-ring (bicyclic) bond motifs is 2.